The number of fused-ring (bicyclic) bond motifs is 5. The zero-order valence-corrected chi connectivity index (χ0v) is 19.5. The highest BCUT2D eigenvalue weighted by molar-refractivity contribution is 5.91. The summed E-state index contributed by atoms with van der Waals surface area (Å²) in [5.41, 5.74) is 1.82. The molecule has 4 aliphatic carbocycles. The summed E-state index contributed by atoms with van der Waals surface area (Å²) in [5.74, 6) is 4.40. The van der Waals surface area contributed by atoms with Crippen LogP contribution in [0.3, 0.4) is 0 Å². The average molecular weight is 401 g/mol. The van der Waals surface area contributed by atoms with Crippen molar-refractivity contribution in [2.24, 2.45) is 46.3 Å². The molecule has 1 N–H and O–H groups in total. The Hall–Kier alpha value is -0.630. The van der Waals surface area contributed by atoms with Gasteiger partial charge in [0.2, 0.25) is 0 Å². The lowest BCUT2D eigenvalue weighted by Crippen LogP contribution is -2.55. The maximum Gasteiger partial charge on any atom is 0.155 e. The van der Waals surface area contributed by atoms with Crippen LogP contribution in [-0.2, 0) is 4.79 Å². The summed E-state index contributed by atoms with van der Waals surface area (Å²) in [6.45, 7) is 12.2. The van der Waals surface area contributed by atoms with E-state index in [1.165, 1.54) is 50.5 Å². The summed E-state index contributed by atoms with van der Waals surface area (Å²) in [6, 6.07) is 0. The Kier molecular flexibility index (Phi) is 5.82. The van der Waals surface area contributed by atoms with Crippen LogP contribution in [0.25, 0.3) is 0 Å². The van der Waals surface area contributed by atoms with Crippen molar-refractivity contribution in [3.8, 4) is 0 Å². The molecule has 2 heteroatoms. The summed E-state index contributed by atoms with van der Waals surface area (Å²) in [5, 5.41) is 11.3. The quantitative estimate of drug-likeness (QED) is 0.567. The van der Waals surface area contributed by atoms with Gasteiger partial charge in [0.1, 0.15) is 0 Å². The second kappa shape index (κ2) is 7.81. The summed E-state index contributed by atoms with van der Waals surface area (Å²) in [4.78, 5) is 12.0. The van der Waals surface area contributed by atoms with Gasteiger partial charge in [0.15, 0.2) is 5.78 Å². The third-order valence-corrected chi connectivity index (χ3v) is 10.2. The molecule has 0 heterocycles. The van der Waals surface area contributed by atoms with E-state index in [0.717, 1.165) is 30.6 Å². The Morgan fingerprint density at radius 3 is 2.55 bits per heavy atom. The average Bonchev–Trinajstić information content (AvgIpc) is 3.00. The summed E-state index contributed by atoms with van der Waals surface area (Å²) in [7, 11) is 0. The van der Waals surface area contributed by atoms with Crippen molar-refractivity contribution in [2.75, 3.05) is 0 Å². The van der Waals surface area contributed by atoms with Gasteiger partial charge in [-0.3, -0.25) is 4.79 Å². The molecule has 0 saturated heterocycles. The van der Waals surface area contributed by atoms with Gasteiger partial charge in [-0.05, 0) is 90.9 Å². The molecule has 8 atom stereocenters. The highest BCUT2D eigenvalue weighted by Crippen LogP contribution is 2.67. The molecular weight excluding hydrogens is 356 g/mol. The monoisotopic (exact) mass is 400 g/mol. The maximum absolute atomic E-state index is 12.0. The molecule has 0 aromatic heterocycles. The standard InChI is InChI=1S/C27H44O2/c1-17(2)7-6-8-18(3)21-9-10-22-25-23(12-14-27(21,22)5)26(4)13-11-20(28)15-19(26)16-24(25)29/h15,17-18,21-25,29H,6-14,16H2,1-5H3/t18?,21?,22?,23?,24?,25?,26-,27+/m0/s1. The third-order valence-electron chi connectivity index (χ3n) is 10.2. The number of hydrogen-bond donors (Lipinski definition) is 1. The molecule has 29 heavy (non-hydrogen) atoms. The van der Waals surface area contributed by atoms with Gasteiger partial charge in [-0.15, -0.1) is 0 Å². The van der Waals surface area contributed by atoms with Crippen molar-refractivity contribution in [2.45, 2.75) is 105 Å². The lowest BCUT2D eigenvalue weighted by Gasteiger charge is -2.60. The van der Waals surface area contributed by atoms with E-state index in [9.17, 15) is 9.90 Å². The van der Waals surface area contributed by atoms with Crippen LogP contribution in [0.15, 0.2) is 11.6 Å². The van der Waals surface area contributed by atoms with Crippen molar-refractivity contribution >= 4 is 5.78 Å². The molecule has 0 bridgehead atoms. The molecule has 4 aliphatic rings. The number of rotatable bonds is 5. The van der Waals surface area contributed by atoms with E-state index < -0.39 is 0 Å². The van der Waals surface area contributed by atoms with E-state index in [4.69, 9.17) is 0 Å². The molecular formula is C27H44O2. The zero-order valence-electron chi connectivity index (χ0n) is 19.5. The largest absolute Gasteiger partial charge is 0.392 e. The van der Waals surface area contributed by atoms with Crippen LogP contribution in [0, 0.1) is 46.3 Å². The van der Waals surface area contributed by atoms with Crippen LogP contribution < -0.4 is 0 Å². The van der Waals surface area contributed by atoms with Gasteiger partial charge in [0, 0.05) is 6.42 Å². The first-order chi connectivity index (χ1) is 13.7. The van der Waals surface area contributed by atoms with Crippen LogP contribution in [0.4, 0.5) is 0 Å². The van der Waals surface area contributed by atoms with Gasteiger partial charge in [-0.25, -0.2) is 0 Å². The molecule has 0 aromatic rings. The van der Waals surface area contributed by atoms with Crippen molar-refractivity contribution in [3.63, 3.8) is 0 Å². The Bertz CT molecular complexity index is 663. The number of carbonyl (C=O) groups is 1. The third kappa shape index (κ3) is 3.56. The van der Waals surface area contributed by atoms with E-state index in [-0.39, 0.29) is 17.3 Å². The Morgan fingerprint density at radius 1 is 1.07 bits per heavy atom. The molecule has 2 nitrogen and oxygen atoms in total. The SMILES string of the molecule is CC(C)CCCC(C)C1CCC2C3C(O)CC4=CC(=O)CC[C@]4(C)C3CC[C@]12C. The molecule has 0 radical (unpaired) electrons. The Morgan fingerprint density at radius 2 is 1.83 bits per heavy atom. The van der Waals surface area contributed by atoms with Crippen molar-refractivity contribution in [3.05, 3.63) is 11.6 Å². The number of aliphatic hydroxyl groups excluding tert-OH is 1. The van der Waals surface area contributed by atoms with Gasteiger partial charge >= 0.3 is 0 Å². The normalized spacial score (nSPS) is 45.4. The van der Waals surface area contributed by atoms with E-state index in [1.807, 2.05) is 6.08 Å². The van der Waals surface area contributed by atoms with Gasteiger partial charge in [0.05, 0.1) is 6.10 Å². The van der Waals surface area contributed by atoms with Gasteiger partial charge in [-0.1, -0.05) is 59.5 Å². The maximum atomic E-state index is 12.0. The molecule has 3 fully saturated rings. The molecule has 164 valence electrons. The fourth-order valence-electron chi connectivity index (χ4n) is 8.55. The van der Waals surface area contributed by atoms with Crippen molar-refractivity contribution in [1.29, 1.82) is 0 Å². The van der Waals surface area contributed by atoms with E-state index in [1.54, 1.807) is 0 Å². The molecule has 0 spiro atoms. The lowest BCUT2D eigenvalue weighted by molar-refractivity contribution is -0.124. The van der Waals surface area contributed by atoms with Gasteiger partial charge < -0.3 is 5.11 Å². The lowest BCUT2D eigenvalue weighted by atomic mass is 9.45. The molecule has 0 aromatic carbocycles. The highest BCUT2D eigenvalue weighted by Gasteiger charge is 2.61. The second-order valence-corrected chi connectivity index (χ2v) is 12.1. The van der Waals surface area contributed by atoms with Crippen molar-refractivity contribution < 1.29 is 9.90 Å². The number of carbonyl (C=O) groups excluding carboxylic acids is 1. The Labute approximate surface area is 178 Å². The zero-order chi connectivity index (χ0) is 21.0. The molecule has 0 amide bonds. The van der Waals surface area contributed by atoms with Gasteiger partial charge in [0.25, 0.3) is 0 Å². The summed E-state index contributed by atoms with van der Waals surface area (Å²) in [6.07, 6.45) is 13.4. The highest BCUT2D eigenvalue weighted by atomic mass is 16.3. The Balaban J connectivity index is 1.54. The second-order valence-electron chi connectivity index (χ2n) is 12.1. The first kappa shape index (κ1) is 21.6. The first-order valence-corrected chi connectivity index (χ1v) is 12.6. The number of aliphatic hydroxyl groups is 1. The topological polar surface area (TPSA) is 37.3 Å². The molecule has 3 saturated carbocycles. The van der Waals surface area contributed by atoms with E-state index in [0.29, 0.717) is 29.6 Å². The van der Waals surface area contributed by atoms with Crippen LogP contribution in [-0.4, -0.2) is 17.0 Å². The minimum absolute atomic E-state index is 0.153. The fraction of sp³-hybridized carbons (Fsp3) is 0.889. The van der Waals surface area contributed by atoms with E-state index in [2.05, 4.69) is 34.6 Å². The summed E-state index contributed by atoms with van der Waals surface area (Å²) >= 11 is 0. The first-order valence-electron chi connectivity index (χ1n) is 12.6. The van der Waals surface area contributed by atoms with E-state index >= 15 is 0 Å². The van der Waals surface area contributed by atoms with Crippen LogP contribution in [0.1, 0.15) is 98.8 Å². The smallest absolute Gasteiger partial charge is 0.155 e. The predicted molar refractivity (Wildman–Crippen MR) is 119 cm³/mol. The van der Waals surface area contributed by atoms with Crippen LogP contribution in [0.2, 0.25) is 0 Å². The van der Waals surface area contributed by atoms with Crippen molar-refractivity contribution in [1.82, 2.24) is 0 Å². The van der Waals surface area contributed by atoms with Crippen LogP contribution in [0.5, 0.6) is 0 Å². The minimum atomic E-state index is -0.246. The van der Waals surface area contributed by atoms with Crippen LogP contribution >= 0.6 is 0 Å². The number of hydrogen-bond acceptors (Lipinski definition) is 2. The number of ketones is 1. The fourth-order valence-corrected chi connectivity index (χ4v) is 8.55. The molecule has 0 aliphatic heterocycles. The predicted octanol–water partition coefficient (Wildman–Crippen LogP) is 6.57. The minimum Gasteiger partial charge on any atom is -0.392 e. The molecule has 4 rings (SSSR count). The molecule has 6 unspecified atom stereocenters. The van der Waals surface area contributed by atoms with Gasteiger partial charge in [-0.2, -0.15) is 0 Å². The summed E-state index contributed by atoms with van der Waals surface area (Å²) < 4.78 is 0.